The van der Waals surface area contributed by atoms with Crippen molar-refractivity contribution in [2.24, 2.45) is 10.2 Å². The molecule has 8 heteroatoms. The van der Waals surface area contributed by atoms with E-state index in [0.717, 1.165) is 11.1 Å². The van der Waals surface area contributed by atoms with Crippen molar-refractivity contribution in [1.82, 2.24) is 20.8 Å². The molecule has 2 heterocycles. The first kappa shape index (κ1) is 20.5. The van der Waals surface area contributed by atoms with Crippen molar-refractivity contribution in [3.63, 3.8) is 0 Å². The van der Waals surface area contributed by atoms with Crippen molar-refractivity contribution >= 4 is 23.2 Å². The molecular weight excluding hydrogens is 380 g/mol. The van der Waals surface area contributed by atoms with Gasteiger partial charge >= 0.3 is 0 Å². The number of carbonyl (C=O) groups is 2. The lowest BCUT2D eigenvalue weighted by atomic mass is 10.1. The number of aromatic nitrogens is 2. The summed E-state index contributed by atoms with van der Waals surface area (Å²) in [5.41, 5.74) is 8.64. The van der Waals surface area contributed by atoms with Crippen molar-refractivity contribution in [3.05, 3.63) is 95.6 Å². The number of nitrogens with zero attached hydrogens (tertiary/aromatic N) is 4. The number of hydrogen-bond acceptors (Lipinski definition) is 6. The second kappa shape index (κ2) is 9.83. The Morgan fingerprint density at radius 2 is 1.07 bits per heavy atom. The lowest BCUT2D eigenvalue weighted by Gasteiger charge is -2.05. The van der Waals surface area contributed by atoms with Crippen LogP contribution in [0.3, 0.4) is 0 Å². The van der Waals surface area contributed by atoms with E-state index in [9.17, 15) is 9.59 Å². The third kappa shape index (κ3) is 5.41. The lowest BCUT2D eigenvalue weighted by molar-refractivity contribution is 0.0943. The van der Waals surface area contributed by atoms with Crippen LogP contribution in [-0.4, -0.2) is 33.2 Å². The molecule has 8 nitrogen and oxygen atoms in total. The van der Waals surface area contributed by atoms with Gasteiger partial charge < -0.3 is 0 Å². The largest absolute Gasteiger partial charge is 0.271 e. The van der Waals surface area contributed by atoms with Crippen LogP contribution in [-0.2, 0) is 0 Å². The molecule has 0 radical (unpaired) electrons. The van der Waals surface area contributed by atoms with E-state index in [-0.39, 0.29) is 11.8 Å². The summed E-state index contributed by atoms with van der Waals surface area (Å²) in [5.74, 6) is -0.758. The van der Waals surface area contributed by atoms with Gasteiger partial charge in [-0.3, -0.25) is 19.6 Å². The van der Waals surface area contributed by atoms with Gasteiger partial charge in [-0.1, -0.05) is 12.1 Å². The normalized spacial score (nSPS) is 11.7. The van der Waals surface area contributed by atoms with Gasteiger partial charge in [-0.15, -0.1) is 0 Å². The third-order valence-corrected chi connectivity index (χ3v) is 4.22. The number of hydrogen-bond donors (Lipinski definition) is 2. The monoisotopic (exact) mass is 400 g/mol. The van der Waals surface area contributed by atoms with Crippen LogP contribution in [0.2, 0.25) is 0 Å². The van der Waals surface area contributed by atoms with Gasteiger partial charge in [0.25, 0.3) is 11.8 Å². The van der Waals surface area contributed by atoms with Crippen LogP contribution in [0.1, 0.15) is 45.7 Å². The zero-order valence-corrected chi connectivity index (χ0v) is 16.5. The summed E-state index contributed by atoms with van der Waals surface area (Å²) in [7, 11) is 0. The number of rotatable bonds is 6. The molecule has 0 bridgehead atoms. The van der Waals surface area contributed by atoms with Gasteiger partial charge in [-0.2, -0.15) is 10.2 Å². The molecule has 0 saturated carbocycles. The van der Waals surface area contributed by atoms with Gasteiger partial charge in [-0.05, 0) is 50.2 Å². The summed E-state index contributed by atoms with van der Waals surface area (Å²) in [6.07, 6.45) is 6.66. The predicted octanol–water partition coefficient (Wildman–Crippen LogP) is 2.78. The first-order valence-corrected chi connectivity index (χ1v) is 9.14. The molecule has 30 heavy (non-hydrogen) atoms. The van der Waals surface area contributed by atoms with Gasteiger partial charge in [0.15, 0.2) is 0 Å². The standard InChI is InChI=1S/C22H20N6O2/c1-15(19-5-3-11-23-13-19)25-27-21(29)17-7-9-18(10-8-17)22(30)28-26-16(2)20-6-4-12-24-14-20/h3-14H,1-2H3,(H,27,29)(H,28,30). The third-order valence-electron chi connectivity index (χ3n) is 4.22. The predicted molar refractivity (Wildman–Crippen MR) is 114 cm³/mol. The van der Waals surface area contributed by atoms with E-state index in [1.165, 1.54) is 0 Å². The highest BCUT2D eigenvalue weighted by molar-refractivity contribution is 6.02. The Kier molecular flexibility index (Phi) is 6.73. The van der Waals surface area contributed by atoms with E-state index in [2.05, 4.69) is 31.0 Å². The molecular formula is C22H20N6O2. The van der Waals surface area contributed by atoms with E-state index < -0.39 is 0 Å². The van der Waals surface area contributed by atoms with Gasteiger partial charge in [0.05, 0.1) is 11.4 Å². The minimum Gasteiger partial charge on any atom is -0.267 e. The molecule has 0 fully saturated rings. The minimum absolute atomic E-state index is 0.379. The molecule has 1 aromatic carbocycles. The maximum Gasteiger partial charge on any atom is 0.271 e. The Balaban J connectivity index is 1.60. The Labute approximate surface area is 173 Å². The molecule has 0 spiro atoms. The van der Waals surface area contributed by atoms with Gasteiger partial charge in [0.1, 0.15) is 0 Å². The average molecular weight is 400 g/mol. The number of pyridine rings is 2. The topological polar surface area (TPSA) is 109 Å². The zero-order chi connectivity index (χ0) is 21.3. The average Bonchev–Trinajstić information content (AvgIpc) is 2.81. The van der Waals surface area contributed by atoms with Crippen LogP contribution in [0.25, 0.3) is 0 Å². The van der Waals surface area contributed by atoms with Gasteiger partial charge in [0.2, 0.25) is 0 Å². The van der Waals surface area contributed by atoms with Crippen molar-refractivity contribution in [1.29, 1.82) is 0 Å². The first-order valence-electron chi connectivity index (χ1n) is 9.14. The number of benzene rings is 1. The maximum absolute atomic E-state index is 12.3. The molecule has 2 amide bonds. The molecule has 3 rings (SSSR count). The number of nitrogens with one attached hydrogen (secondary N) is 2. The Morgan fingerprint density at radius 3 is 1.40 bits per heavy atom. The minimum atomic E-state index is -0.379. The molecule has 0 atom stereocenters. The fourth-order valence-electron chi connectivity index (χ4n) is 2.45. The Bertz CT molecular complexity index is 989. The van der Waals surface area contributed by atoms with E-state index in [0.29, 0.717) is 22.6 Å². The fraction of sp³-hybridized carbons (Fsp3) is 0.0909. The van der Waals surface area contributed by atoms with Crippen LogP contribution in [0.4, 0.5) is 0 Å². The molecule has 2 N–H and O–H groups in total. The van der Waals surface area contributed by atoms with Gasteiger partial charge in [-0.25, -0.2) is 10.9 Å². The summed E-state index contributed by atoms with van der Waals surface area (Å²) >= 11 is 0. The summed E-state index contributed by atoms with van der Waals surface area (Å²) in [4.78, 5) is 32.6. The lowest BCUT2D eigenvalue weighted by Crippen LogP contribution is -2.21. The SMILES string of the molecule is CC(=NNC(=O)c1ccc(C(=O)NN=C(C)c2cccnc2)cc1)c1cccnc1. The molecule has 3 aromatic rings. The Morgan fingerprint density at radius 1 is 0.667 bits per heavy atom. The van der Waals surface area contributed by atoms with E-state index >= 15 is 0 Å². The molecule has 0 saturated heterocycles. The van der Waals surface area contributed by atoms with Crippen LogP contribution in [0, 0.1) is 0 Å². The first-order chi connectivity index (χ1) is 14.5. The van der Waals surface area contributed by atoms with Crippen molar-refractivity contribution in [2.45, 2.75) is 13.8 Å². The second-order valence-corrected chi connectivity index (χ2v) is 6.34. The zero-order valence-electron chi connectivity index (χ0n) is 16.5. The highest BCUT2D eigenvalue weighted by Gasteiger charge is 2.09. The van der Waals surface area contributed by atoms with E-state index in [1.807, 2.05) is 12.1 Å². The molecule has 0 aliphatic heterocycles. The molecule has 0 aliphatic carbocycles. The number of amides is 2. The highest BCUT2D eigenvalue weighted by Crippen LogP contribution is 2.06. The number of carbonyl (C=O) groups excluding carboxylic acids is 2. The molecule has 150 valence electrons. The quantitative estimate of drug-likeness (QED) is 0.490. The summed E-state index contributed by atoms with van der Waals surface area (Å²) < 4.78 is 0. The van der Waals surface area contributed by atoms with Crippen molar-refractivity contribution in [3.8, 4) is 0 Å². The van der Waals surface area contributed by atoms with Crippen LogP contribution < -0.4 is 10.9 Å². The van der Waals surface area contributed by atoms with Gasteiger partial charge in [0, 0.05) is 47.0 Å². The summed E-state index contributed by atoms with van der Waals surface area (Å²) in [6, 6.07) is 13.5. The van der Waals surface area contributed by atoms with Crippen molar-refractivity contribution in [2.75, 3.05) is 0 Å². The fourth-order valence-corrected chi connectivity index (χ4v) is 2.45. The van der Waals surface area contributed by atoms with Crippen LogP contribution >= 0.6 is 0 Å². The van der Waals surface area contributed by atoms with E-state index in [1.54, 1.807) is 75.0 Å². The van der Waals surface area contributed by atoms with Crippen LogP contribution in [0.15, 0.2) is 83.5 Å². The van der Waals surface area contributed by atoms with Crippen LogP contribution in [0.5, 0.6) is 0 Å². The summed E-state index contributed by atoms with van der Waals surface area (Å²) in [5, 5.41) is 8.16. The maximum atomic E-state index is 12.3. The van der Waals surface area contributed by atoms with E-state index in [4.69, 9.17) is 0 Å². The second-order valence-electron chi connectivity index (χ2n) is 6.34. The molecule has 0 aliphatic rings. The molecule has 2 aromatic heterocycles. The summed E-state index contributed by atoms with van der Waals surface area (Å²) in [6.45, 7) is 3.55. The Hall–Kier alpha value is -4.20. The highest BCUT2D eigenvalue weighted by atomic mass is 16.2. The van der Waals surface area contributed by atoms with Crippen molar-refractivity contribution < 1.29 is 9.59 Å². The number of hydrazone groups is 2. The smallest absolute Gasteiger partial charge is 0.267 e. The molecule has 0 unspecified atom stereocenters.